The van der Waals surface area contributed by atoms with Crippen molar-refractivity contribution < 1.29 is 9.15 Å². The molecule has 1 aromatic rings. The molecular weight excluding hydrogens is 292 g/mol. The predicted octanol–water partition coefficient (Wildman–Crippen LogP) is 1.49. The fourth-order valence-corrected chi connectivity index (χ4v) is 2.88. The van der Waals surface area contributed by atoms with Crippen molar-refractivity contribution in [2.45, 2.75) is 31.7 Å². The third kappa shape index (κ3) is 6.62. The summed E-state index contributed by atoms with van der Waals surface area (Å²) >= 11 is 0. The summed E-state index contributed by atoms with van der Waals surface area (Å²) in [6.45, 7) is 5.10. The summed E-state index contributed by atoms with van der Waals surface area (Å²) in [4.78, 5) is 6.83. The van der Waals surface area contributed by atoms with E-state index >= 15 is 0 Å². The largest absolute Gasteiger partial charge is 0.469 e. The van der Waals surface area contributed by atoms with Gasteiger partial charge in [-0.3, -0.25) is 4.99 Å². The zero-order valence-electron chi connectivity index (χ0n) is 14.4. The van der Waals surface area contributed by atoms with Crippen LogP contribution in [0.2, 0.25) is 0 Å². The van der Waals surface area contributed by atoms with Crippen LogP contribution in [0.15, 0.2) is 27.8 Å². The van der Waals surface area contributed by atoms with Gasteiger partial charge in [0.1, 0.15) is 5.76 Å². The number of nitrogens with zero attached hydrogens (tertiary/aromatic N) is 2. The van der Waals surface area contributed by atoms with Crippen LogP contribution in [0, 0.1) is 0 Å². The molecule has 130 valence electrons. The van der Waals surface area contributed by atoms with Crippen LogP contribution in [0.25, 0.3) is 0 Å². The molecule has 0 amide bonds. The molecule has 6 heteroatoms. The molecule has 1 fully saturated rings. The molecule has 23 heavy (non-hydrogen) atoms. The average molecular weight is 322 g/mol. The number of furan rings is 1. The standard InChI is InChI=1S/C17H30N4O2/c1-18-17(19-9-6-16-5-3-14-23-16)20-15-7-11-21(12-8-15)10-4-13-22-2/h3,5,14-15H,4,6-13H2,1-2H3,(H2,18,19,20). The van der Waals surface area contributed by atoms with E-state index in [0.717, 1.165) is 70.2 Å². The number of ether oxygens (including phenoxy) is 1. The number of nitrogens with one attached hydrogen (secondary N) is 2. The SMILES string of the molecule is CN=C(NCCc1ccco1)NC1CCN(CCCOC)CC1. The Morgan fingerprint density at radius 3 is 2.91 bits per heavy atom. The number of aliphatic imine (C=N–C) groups is 1. The molecule has 0 aliphatic carbocycles. The first-order chi connectivity index (χ1) is 11.3. The lowest BCUT2D eigenvalue weighted by molar-refractivity contribution is 0.155. The minimum Gasteiger partial charge on any atom is -0.469 e. The predicted molar refractivity (Wildman–Crippen MR) is 92.9 cm³/mol. The van der Waals surface area contributed by atoms with E-state index in [1.54, 1.807) is 13.4 Å². The van der Waals surface area contributed by atoms with Crippen molar-refractivity contribution in [2.75, 3.05) is 46.9 Å². The maximum atomic E-state index is 5.34. The Labute approximate surface area is 139 Å². The highest BCUT2D eigenvalue weighted by atomic mass is 16.5. The molecule has 0 atom stereocenters. The summed E-state index contributed by atoms with van der Waals surface area (Å²) in [6, 6.07) is 4.42. The quantitative estimate of drug-likeness (QED) is 0.431. The molecule has 1 aromatic heterocycles. The van der Waals surface area contributed by atoms with Gasteiger partial charge in [-0.1, -0.05) is 0 Å². The van der Waals surface area contributed by atoms with E-state index in [1.165, 1.54) is 0 Å². The monoisotopic (exact) mass is 322 g/mol. The van der Waals surface area contributed by atoms with E-state index in [4.69, 9.17) is 9.15 Å². The number of likely N-dealkylation sites (tertiary alicyclic amines) is 1. The van der Waals surface area contributed by atoms with Crippen LogP contribution in [-0.4, -0.2) is 63.8 Å². The van der Waals surface area contributed by atoms with Crippen molar-refractivity contribution in [2.24, 2.45) is 4.99 Å². The molecule has 0 saturated carbocycles. The average Bonchev–Trinajstić information content (AvgIpc) is 3.09. The van der Waals surface area contributed by atoms with Gasteiger partial charge in [-0.15, -0.1) is 0 Å². The Bertz CT molecular complexity index is 439. The highest BCUT2D eigenvalue weighted by Gasteiger charge is 2.19. The number of guanidine groups is 1. The zero-order chi connectivity index (χ0) is 16.3. The van der Waals surface area contributed by atoms with Gasteiger partial charge in [0.15, 0.2) is 5.96 Å². The molecule has 2 N–H and O–H groups in total. The molecule has 0 unspecified atom stereocenters. The molecule has 1 aliphatic heterocycles. The number of hydrogen-bond acceptors (Lipinski definition) is 4. The number of hydrogen-bond donors (Lipinski definition) is 2. The summed E-state index contributed by atoms with van der Waals surface area (Å²) in [5, 5.41) is 6.89. The third-order valence-corrected chi connectivity index (χ3v) is 4.22. The molecule has 2 rings (SSSR count). The normalized spacial score (nSPS) is 17.4. The molecular formula is C17H30N4O2. The molecule has 1 saturated heterocycles. The first kappa shape index (κ1) is 17.8. The molecule has 0 bridgehead atoms. The minimum absolute atomic E-state index is 0.503. The second-order valence-corrected chi connectivity index (χ2v) is 5.93. The van der Waals surface area contributed by atoms with Crippen LogP contribution >= 0.6 is 0 Å². The van der Waals surface area contributed by atoms with Crippen LogP contribution in [-0.2, 0) is 11.2 Å². The first-order valence-electron chi connectivity index (χ1n) is 8.52. The lowest BCUT2D eigenvalue weighted by Gasteiger charge is -2.33. The molecule has 6 nitrogen and oxygen atoms in total. The fraction of sp³-hybridized carbons (Fsp3) is 0.706. The zero-order valence-corrected chi connectivity index (χ0v) is 14.4. The number of rotatable bonds is 8. The fourth-order valence-electron chi connectivity index (χ4n) is 2.88. The number of methoxy groups -OCH3 is 1. The summed E-state index contributed by atoms with van der Waals surface area (Å²) in [7, 11) is 3.59. The van der Waals surface area contributed by atoms with Gasteiger partial charge in [-0.2, -0.15) is 0 Å². The topological polar surface area (TPSA) is 62.0 Å². The maximum absolute atomic E-state index is 5.34. The third-order valence-electron chi connectivity index (χ3n) is 4.22. The molecule has 1 aliphatic rings. The lowest BCUT2D eigenvalue weighted by Crippen LogP contribution is -2.49. The van der Waals surface area contributed by atoms with Crippen molar-refractivity contribution in [3.05, 3.63) is 24.2 Å². The Morgan fingerprint density at radius 1 is 1.43 bits per heavy atom. The molecule has 0 aromatic carbocycles. The first-order valence-corrected chi connectivity index (χ1v) is 8.52. The Kier molecular flexibility index (Phi) is 7.97. The van der Waals surface area contributed by atoms with Crippen LogP contribution in [0.3, 0.4) is 0 Å². The Morgan fingerprint density at radius 2 is 2.26 bits per heavy atom. The van der Waals surface area contributed by atoms with Gasteiger partial charge >= 0.3 is 0 Å². The summed E-state index contributed by atoms with van der Waals surface area (Å²) in [5.74, 6) is 1.88. The number of piperidine rings is 1. The van der Waals surface area contributed by atoms with Gasteiger partial charge in [-0.05, 0) is 31.4 Å². The van der Waals surface area contributed by atoms with E-state index in [9.17, 15) is 0 Å². The summed E-state index contributed by atoms with van der Waals surface area (Å²) in [5.41, 5.74) is 0. The lowest BCUT2D eigenvalue weighted by atomic mass is 10.1. The highest BCUT2D eigenvalue weighted by molar-refractivity contribution is 5.79. The summed E-state index contributed by atoms with van der Waals surface area (Å²) < 4.78 is 10.5. The van der Waals surface area contributed by atoms with Gasteiger partial charge < -0.3 is 24.7 Å². The maximum Gasteiger partial charge on any atom is 0.191 e. The van der Waals surface area contributed by atoms with Crippen LogP contribution in [0.1, 0.15) is 25.0 Å². The van der Waals surface area contributed by atoms with Crippen LogP contribution < -0.4 is 10.6 Å². The van der Waals surface area contributed by atoms with E-state index in [1.807, 2.05) is 19.2 Å². The Hall–Kier alpha value is -1.53. The summed E-state index contributed by atoms with van der Waals surface area (Å²) in [6.07, 6.45) is 6.01. The molecule has 0 radical (unpaired) electrons. The van der Waals surface area contributed by atoms with Gasteiger partial charge in [0.05, 0.1) is 6.26 Å². The van der Waals surface area contributed by atoms with E-state index < -0.39 is 0 Å². The van der Waals surface area contributed by atoms with Crippen molar-refractivity contribution in [3.63, 3.8) is 0 Å². The molecule has 0 spiro atoms. The van der Waals surface area contributed by atoms with Gasteiger partial charge in [0.2, 0.25) is 0 Å². The van der Waals surface area contributed by atoms with Crippen LogP contribution in [0.4, 0.5) is 0 Å². The minimum atomic E-state index is 0.503. The van der Waals surface area contributed by atoms with Gasteiger partial charge in [0.25, 0.3) is 0 Å². The van der Waals surface area contributed by atoms with Gasteiger partial charge in [0, 0.05) is 59.4 Å². The van der Waals surface area contributed by atoms with Crippen LogP contribution in [0.5, 0.6) is 0 Å². The van der Waals surface area contributed by atoms with Crippen molar-refractivity contribution in [1.82, 2.24) is 15.5 Å². The highest BCUT2D eigenvalue weighted by Crippen LogP contribution is 2.10. The van der Waals surface area contributed by atoms with Crippen molar-refractivity contribution >= 4 is 5.96 Å². The second-order valence-electron chi connectivity index (χ2n) is 5.93. The van der Waals surface area contributed by atoms with E-state index in [-0.39, 0.29) is 0 Å². The Balaban J connectivity index is 1.61. The van der Waals surface area contributed by atoms with E-state index in [2.05, 4.69) is 20.5 Å². The van der Waals surface area contributed by atoms with Gasteiger partial charge in [-0.25, -0.2) is 0 Å². The van der Waals surface area contributed by atoms with Crippen molar-refractivity contribution in [3.8, 4) is 0 Å². The van der Waals surface area contributed by atoms with Crippen molar-refractivity contribution in [1.29, 1.82) is 0 Å². The molecule has 2 heterocycles. The van der Waals surface area contributed by atoms with E-state index in [0.29, 0.717) is 6.04 Å². The second kappa shape index (κ2) is 10.3. The smallest absolute Gasteiger partial charge is 0.191 e.